The van der Waals surface area contributed by atoms with Crippen LogP contribution in [0, 0.1) is 0 Å². The van der Waals surface area contributed by atoms with E-state index < -0.39 is 0 Å². The van der Waals surface area contributed by atoms with Crippen molar-refractivity contribution in [1.82, 2.24) is 19.9 Å². The first-order valence-corrected chi connectivity index (χ1v) is 7.54. The summed E-state index contributed by atoms with van der Waals surface area (Å²) >= 11 is 5.92. The number of halogens is 1. The molecule has 1 aromatic heterocycles. The number of rotatable bonds is 7. The highest BCUT2D eigenvalue weighted by Crippen LogP contribution is 2.15. The number of likely N-dealkylation sites (tertiary alicyclic amines) is 1. The minimum Gasteiger partial charge on any atom is -0.463 e. The normalized spacial score (nSPS) is 15.6. The smallest absolute Gasteiger partial charge is 0.322 e. The van der Waals surface area contributed by atoms with Gasteiger partial charge in [-0.3, -0.25) is 0 Å². The van der Waals surface area contributed by atoms with Gasteiger partial charge < -0.3 is 14.5 Å². The molecule has 20 heavy (non-hydrogen) atoms. The van der Waals surface area contributed by atoms with Gasteiger partial charge in [-0.05, 0) is 44.0 Å². The van der Waals surface area contributed by atoms with Crippen molar-refractivity contribution >= 4 is 17.5 Å². The van der Waals surface area contributed by atoms with Crippen LogP contribution in [0.25, 0.3) is 0 Å². The molecule has 6 nitrogen and oxygen atoms in total. The summed E-state index contributed by atoms with van der Waals surface area (Å²) in [6.07, 6.45) is 3.51. The molecule has 0 atom stereocenters. The number of hydrogen-bond donors (Lipinski definition) is 0. The third-order valence-corrected chi connectivity index (χ3v) is 3.47. The van der Waals surface area contributed by atoms with Gasteiger partial charge in [-0.15, -0.1) is 0 Å². The van der Waals surface area contributed by atoms with Gasteiger partial charge in [-0.2, -0.15) is 15.0 Å². The maximum atomic E-state index is 5.92. The van der Waals surface area contributed by atoms with Crippen molar-refractivity contribution in [3.63, 3.8) is 0 Å². The summed E-state index contributed by atoms with van der Waals surface area (Å²) in [6.45, 7) is 6.88. The van der Waals surface area contributed by atoms with E-state index in [4.69, 9.17) is 16.3 Å². The Morgan fingerprint density at radius 2 is 2.00 bits per heavy atom. The average molecular weight is 300 g/mol. The molecule has 0 bridgehead atoms. The van der Waals surface area contributed by atoms with E-state index in [1.165, 1.54) is 25.9 Å². The molecule has 2 heterocycles. The van der Waals surface area contributed by atoms with Crippen LogP contribution >= 0.6 is 11.6 Å². The molecule has 1 aliphatic rings. The van der Waals surface area contributed by atoms with E-state index >= 15 is 0 Å². The summed E-state index contributed by atoms with van der Waals surface area (Å²) in [7, 11) is 1.96. The Kier molecular flexibility index (Phi) is 5.79. The molecule has 7 heteroatoms. The Labute approximate surface area is 125 Å². The highest BCUT2D eigenvalue weighted by molar-refractivity contribution is 6.28. The zero-order chi connectivity index (χ0) is 14.4. The zero-order valence-corrected chi connectivity index (χ0v) is 12.9. The van der Waals surface area contributed by atoms with Crippen LogP contribution in [0.15, 0.2) is 0 Å². The Morgan fingerprint density at radius 3 is 2.70 bits per heavy atom. The summed E-state index contributed by atoms with van der Waals surface area (Å²) < 4.78 is 5.42. The van der Waals surface area contributed by atoms with Crippen LogP contribution < -0.4 is 9.64 Å². The first-order valence-electron chi connectivity index (χ1n) is 7.17. The zero-order valence-electron chi connectivity index (χ0n) is 12.2. The van der Waals surface area contributed by atoms with Gasteiger partial charge in [0.1, 0.15) is 0 Å². The van der Waals surface area contributed by atoms with Crippen LogP contribution in [-0.2, 0) is 0 Å². The van der Waals surface area contributed by atoms with Crippen LogP contribution in [-0.4, -0.2) is 59.7 Å². The van der Waals surface area contributed by atoms with Gasteiger partial charge in [0.05, 0.1) is 6.61 Å². The van der Waals surface area contributed by atoms with Crippen LogP contribution in [0.4, 0.5) is 5.95 Å². The second kappa shape index (κ2) is 7.59. The van der Waals surface area contributed by atoms with Crippen molar-refractivity contribution < 1.29 is 4.74 Å². The molecule has 0 spiro atoms. The molecule has 0 aromatic carbocycles. The van der Waals surface area contributed by atoms with Crippen molar-refractivity contribution in [2.75, 3.05) is 44.7 Å². The van der Waals surface area contributed by atoms with Gasteiger partial charge in [0.2, 0.25) is 11.2 Å². The van der Waals surface area contributed by atoms with Gasteiger partial charge in [0.15, 0.2) is 0 Å². The van der Waals surface area contributed by atoms with Crippen molar-refractivity contribution in [3.05, 3.63) is 5.28 Å². The second-order valence-corrected chi connectivity index (χ2v) is 5.34. The van der Waals surface area contributed by atoms with Crippen molar-refractivity contribution in [2.24, 2.45) is 0 Å². The Hall–Kier alpha value is -1.14. The van der Waals surface area contributed by atoms with Crippen LogP contribution in [0.3, 0.4) is 0 Å². The number of nitrogens with zero attached hydrogens (tertiary/aromatic N) is 5. The van der Waals surface area contributed by atoms with Crippen LogP contribution in [0.5, 0.6) is 6.01 Å². The fourth-order valence-corrected chi connectivity index (χ4v) is 2.30. The topological polar surface area (TPSA) is 54.4 Å². The van der Waals surface area contributed by atoms with Gasteiger partial charge in [0, 0.05) is 20.1 Å². The molecule has 2 rings (SSSR count). The second-order valence-electron chi connectivity index (χ2n) is 5.01. The van der Waals surface area contributed by atoms with Crippen LogP contribution in [0.2, 0.25) is 5.28 Å². The fraction of sp³-hybridized carbons (Fsp3) is 0.769. The first kappa shape index (κ1) is 15.3. The van der Waals surface area contributed by atoms with E-state index in [9.17, 15) is 0 Å². The molecule has 1 saturated heterocycles. The summed E-state index contributed by atoms with van der Waals surface area (Å²) in [5.74, 6) is 0.565. The van der Waals surface area contributed by atoms with Crippen molar-refractivity contribution in [3.8, 4) is 6.01 Å². The lowest BCUT2D eigenvalue weighted by Gasteiger charge is -2.21. The Morgan fingerprint density at radius 1 is 1.25 bits per heavy atom. The molecule has 1 aromatic rings. The van der Waals surface area contributed by atoms with E-state index in [2.05, 4.69) is 19.9 Å². The van der Waals surface area contributed by atoms with Crippen molar-refractivity contribution in [1.29, 1.82) is 0 Å². The summed E-state index contributed by atoms with van der Waals surface area (Å²) in [5, 5.41) is 0.175. The van der Waals surface area contributed by atoms with E-state index in [1.807, 2.05) is 18.9 Å². The monoisotopic (exact) mass is 299 g/mol. The predicted molar refractivity (Wildman–Crippen MR) is 79.6 cm³/mol. The van der Waals surface area contributed by atoms with Gasteiger partial charge in [-0.25, -0.2) is 0 Å². The fourth-order valence-electron chi connectivity index (χ4n) is 2.15. The molecule has 1 aliphatic heterocycles. The Bertz CT molecular complexity index is 425. The summed E-state index contributed by atoms with van der Waals surface area (Å²) in [6, 6.07) is 0.301. The molecule has 0 amide bonds. The minimum atomic E-state index is 0.175. The number of hydrogen-bond acceptors (Lipinski definition) is 6. The molecule has 0 unspecified atom stereocenters. The molecular weight excluding hydrogens is 278 g/mol. The van der Waals surface area contributed by atoms with Gasteiger partial charge >= 0.3 is 6.01 Å². The average Bonchev–Trinajstić information content (AvgIpc) is 2.95. The highest BCUT2D eigenvalue weighted by Gasteiger charge is 2.14. The largest absolute Gasteiger partial charge is 0.463 e. The standard InChI is InChI=1S/C13H22ClN5O/c1-3-10-20-13-16-11(14)15-12(17-13)18(2)8-9-19-6-4-5-7-19/h3-10H2,1-2H3. The maximum Gasteiger partial charge on any atom is 0.322 e. The first-order chi connectivity index (χ1) is 9.69. The number of ether oxygens (including phenoxy) is 1. The SMILES string of the molecule is CCCOc1nc(Cl)nc(N(C)CCN2CCCC2)n1. The molecule has 0 aliphatic carbocycles. The summed E-state index contributed by atoms with van der Waals surface area (Å²) in [4.78, 5) is 16.9. The highest BCUT2D eigenvalue weighted by atomic mass is 35.5. The number of likely N-dealkylation sites (N-methyl/N-ethyl adjacent to an activating group) is 1. The molecular formula is C13H22ClN5O. The third kappa shape index (κ3) is 4.45. The van der Waals surface area contributed by atoms with Gasteiger partial charge in [0.25, 0.3) is 0 Å². The Balaban J connectivity index is 1.93. The van der Waals surface area contributed by atoms with Gasteiger partial charge in [-0.1, -0.05) is 6.92 Å². The molecule has 0 N–H and O–H groups in total. The number of aromatic nitrogens is 3. The third-order valence-electron chi connectivity index (χ3n) is 3.30. The molecule has 1 fully saturated rings. The predicted octanol–water partition coefficient (Wildman–Crippen LogP) is 1.85. The maximum absolute atomic E-state index is 5.92. The molecule has 0 radical (unpaired) electrons. The summed E-state index contributed by atoms with van der Waals surface area (Å²) in [5.41, 5.74) is 0. The van der Waals surface area contributed by atoms with Crippen LogP contribution in [0.1, 0.15) is 26.2 Å². The van der Waals surface area contributed by atoms with Crippen molar-refractivity contribution in [2.45, 2.75) is 26.2 Å². The molecule has 0 saturated carbocycles. The number of anilines is 1. The van der Waals surface area contributed by atoms with E-state index in [0.29, 0.717) is 18.6 Å². The molecule has 112 valence electrons. The quantitative estimate of drug-likeness (QED) is 0.766. The minimum absolute atomic E-state index is 0.175. The lowest BCUT2D eigenvalue weighted by atomic mass is 10.4. The van der Waals surface area contributed by atoms with E-state index in [-0.39, 0.29) is 5.28 Å². The van der Waals surface area contributed by atoms with E-state index in [1.54, 1.807) is 0 Å². The lowest BCUT2D eigenvalue weighted by Crippen LogP contribution is -2.32. The lowest BCUT2D eigenvalue weighted by molar-refractivity contribution is 0.291. The van der Waals surface area contributed by atoms with E-state index in [0.717, 1.165) is 19.5 Å².